The molecule has 0 aliphatic carbocycles. The fraction of sp³-hybridized carbons (Fsp3) is 0.385. The number of benzene rings is 1. The molecule has 0 radical (unpaired) electrons. The minimum atomic E-state index is 0.154. The van der Waals surface area contributed by atoms with Crippen molar-refractivity contribution in [1.29, 1.82) is 0 Å². The molecule has 0 aliphatic heterocycles. The quantitative estimate of drug-likeness (QED) is 0.805. The molecule has 2 aromatic rings. The van der Waals surface area contributed by atoms with E-state index in [1.807, 2.05) is 6.07 Å². The van der Waals surface area contributed by atoms with Gasteiger partial charge in [-0.15, -0.1) is 0 Å². The first-order valence-corrected chi connectivity index (χ1v) is 6.62. The second-order valence-electron chi connectivity index (χ2n) is 4.09. The van der Waals surface area contributed by atoms with E-state index in [0.29, 0.717) is 12.3 Å². The maximum atomic E-state index is 5.21. The fourth-order valence-corrected chi connectivity index (χ4v) is 1.83. The zero-order valence-electron chi connectivity index (χ0n) is 9.98. The Labute approximate surface area is 109 Å². The van der Waals surface area contributed by atoms with Gasteiger partial charge in [-0.3, -0.25) is 0 Å². The Morgan fingerprint density at radius 2 is 2.24 bits per heavy atom. The van der Waals surface area contributed by atoms with Crippen LogP contribution in [0.15, 0.2) is 28.8 Å². The van der Waals surface area contributed by atoms with Gasteiger partial charge in [0.1, 0.15) is 0 Å². The van der Waals surface area contributed by atoms with Crippen molar-refractivity contribution in [2.45, 2.75) is 31.5 Å². The van der Waals surface area contributed by atoms with Gasteiger partial charge in [0, 0.05) is 6.42 Å². The predicted octanol–water partition coefficient (Wildman–Crippen LogP) is 3.81. The molecule has 0 spiro atoms. The lowest BCUT2D eigenvalue weighted by molar-refractivity contribution is 0.372. The molecule has 1 aromatic heterocycles. The molecule has 0 amide bonds. The van der Waals surface area contributed by atoms with Gasteiger partial charge >= 0.3 is 0 Å². The summed E-state index contributed by atoms with van der Waals surface area (Å²) in [4.78, 5) is 4.54. The first-order chi connectivity index (χ1) is 8.19. The van der Waals surface area contributed by atoms with Gasteiger partial charge in [-0.05, 0) is 18.9 Å². The lowest BCUT2D eigenvalue weighted by Crippen LogP contribution is -1.93. The van der Waals surface area contributed by atoms with Gasteiger partial charge in [0.2, 0.25) is 5.89 Å². The molecule has 0 fully saturated rings. The van der Waals surface area contributed by atoms with Crippen LogP contribution in [0.3, 0.4) is 0 Å². The third kappa shape index (κ3) is 3.16. The number of rotatable bonds is 4. The van der Waals surface area contributed by atoms with E-state index in [1.54, 1.807) is 0 Å². The number of aromatic nitrogens is 2. The standard InChI is InChI=1S/C13H15BrN2O/c1-3-11(14)13-15-12(16-17-13)8-10-6-4-5-9(2)7-10/h4-7,11H,3,8H2,1-2H3. The number of hydrogen-bond acceptors (Lipinski definition) is 3. The Balaban J connectivity index is 2.11. The zero-order valence-corrected chi connectivity index (χ0v) is 11.6. The molecule has 3 nitrogen and oxygen atoms in total. The highest BCUT2D eigenvalue weighted by molar-refractivity contribution is 9.09. The van der Waals surface area contributed by atoms with Gasteiger partial charge in [0.05, 0.1) is 4.83 Å². The molecule has 0 N–H and O–H groups in total. The highest BCUT2D eigenvalue weighted by Gasteiger charge is 2.13. The van der Waals surface area contributed by atoms with Crippen molar-refractivity contribution in [2.24, 2.45) is 0 Å². The topological polar surface area (TPSA) is 38.9 Å². The number of aryl methyl sites for hydroxylation is 1. The third-order valence-corrected chi connectivity index (χ3v) is 3.59. The molecular formula is C13H15BrN2O. The summed E-state index contributed by atoms with van der Waals surface area (Å²) in [7, 11) is 0. The molecule has 0 saturated carbocycles. The van der Waals surface area contributed by atoms with Crippen LogP contribution in [0.25, 0.3) is 0 Å². The molecule has 17 heavy (non-hydrogen) atoms. The van der Waals surface area contributed by atoms with Crippen LogP contribution < -0.4 is 0 Å². The summed E-state index contributed by atoms with van der Waals surface area (Å²) >= 11 is 3.50. The van der Waals surface area contributed by atoms with E-state index in [2.05, 4.69) is 58.1 Å². The van der Waals surface area contributed by atoms with E-state index < -0.39 is 0 Å². The molecule has 0 bridgehead atoms. The van der Waals surface area contributed by atoms with Crippen LogP contribution in [0, 0.1) is 6.92 Å². The van der Waals surface area contributed by atoms with Crippen LogP contribution in [0.1, 0.15) is 41.0 Å². The summed E-state index contributed by atoms with van der Waals surface area (Å²) in [6.45, 7) is 4.15. The van der Waals surface area contributed by atoms with Crippen LogP contribution in [-0.2, 0) is 6.42 Å². The Morgan fingerprint density at radius 3 is 2.94 bits per heavy atom. The molecule has 2 rings (SSSR count). The van der Waals surface area contributed by atoms with Crippen molar-refractivity contribution in [2.75, 3.05) is 0 Å². The van der Waals surface area contributed by atoms with Crippen LogP contribution in [0.2, 0.25) is 0 Å². The van der Waals surface area contributed by atoms with Crippen LogP contribution in [-0.4, -0.2) is 10.1 Å². The van der Waals surface area contributed by atoms with Crippen molar-refractivity contribution in [3.63, 3.8) is 0 Å². The van der Waals surface area contributed by atoms with Gasteiger partial charge in [0.15, 0.2) is 5.82 Å². The molecule has 0 saturated heterocycles. The number of alkyl halides is 1. The summed E-state index contributed by atoms with van der Waals surface area (Å²) in [5.74, 6) is 1.40. The van der Waals surface area contributed by atoms with Gasteiger partial charge in [-0.25, -0.2) is 0 Å². The van der Waals surface area contributed by atoms with E-state index in [1.165, 1.54) is 11.1 Å². The van der Waals surface area contributed by atoms with Crippen molar-refractivity contribution >= 4 is 15.9 Å². The minimum absolute atomic E-state index is 0.154. The molecule has 1 heterocycles. The normalized spacial score (nSPS) is 12.6. The highest BCUT2D eigenvalue weighted by Crippen LogP contribution is 2.24. The van der Waals surface area contributed by atoms with Crippen LogP contribution >= 0.6 is 15.9 Å². The number of nitrogens with zero attached hydrogens (tertiary/aromatic N) is 2. The summed E-state index contributed by atoms with van der Waals surface area (Å²) in [6.07, 6.45) is 1.65. The largest absolute Gasteiger partial charge is 0.338 e. The maximum Gasteiger partial charge on any atom is 0.240 e. The maximum absolute atomic E-state index is 5.21. The van der Waals surface area contributed by atoms with Crippen molar-refractivity contribution in [3.8, 4) is 0 Å². The summed E-state index contributed by atoms with van der Waals surface area (Å²) in [6, 6.07) is 8.34. The Hall–Kier alpha value is -1.16. The monoisotopic (exact) mass is 294 g/mol. The van der Waals surface area contributed by atoms with Crippen LogP contribution in [0.5, 0.6) is 0 Å². The van der Waals surface area contributed by atoms with Gasteiger partial charge < -0.3 is 4.52 Å². The van der Waals surface area contributed by atoms with Gasteiger partial charge in [-0.2, -0.15) is 4.98 Å². The smallest absolute Gasteiger partial charge is 0.240 e. The first-order valence-electron chi connectivity index (χ1n) is 5.71. The van der Waals surface area contributed by atoms with E-state index in [4.69, 9.17) is 4.52 Å². The van der Waals surface area contributed by atoms with Crippen LogP contribution in [0.4, 0.5) is 0 Å². The number of halogens is 1. The molecule has 1 atom stereocenters. The predicted molar refractivity (Wildman–Crippen MR) is 70.2 cm³/mol. The molecule has 0 aliphatic rings. The second kappa shape index (κ2) is 5.45. The Bertz CT molecular complexity index is 496. The van der Waals surface area contributed by atoms with Crippen molar-refractivity contribution in [3.05, 3.63) is 47.1 Å². The fourth-order valence-electron chi connectivity index (χ4n) is 1.65. The van der Waals surface area contributed by atoms with Gasteiger partial charge in [-0.1, -0.05) is 57.8 Å². The van der Waals surface area contributed by atoms with E-state index >= 15 is 0 Å². The third-order valence-electron chi connectivity index (χ3n) is 2.55. The molecule has 90 valence electrons. The Kier molecular flexibility index (Phi) is 3.94. The lowest BCUT2D eigenvalue weighted by Gasteiger charge is -1.98. The highest BCUT2D eigenvalue weighted by atomic mass is 79.9. The molecule has 4 heteroatoms. The van der Waals surface area contributed by atoms with E-state index in [0.717, 1.165) is 12.2 Å². The van der Waals surface area contributed by atoms with Gasteiger partial charge in [0.25, 0.3) is 0 Å². The minimum Gasteiger partial charge on any atom is -0.338 e. The molecule has 1 unspecified atom stereocenters. The summed E-state index contributed by atoms with van der Waals surface area (Å²) in [5, 5.41) is 3.99. The van der Waals surface area contributed by atoms with E-state index in [-0.39, 0.29) is 4.83 Å². The molecule has 1 aromatic carbocycles. The molecular weight excluding hydrogens is 280 g/mol. The second-order valence-corrected chi connectivity index (χ2v) is 5.20. The summed E-state index contributed by atoms with van der Waals surface area (Å²) in [5.41, 5.74) is 2.46. The van der Waals surface area contributed by atoms with E-state index in [9.17, 15) is 0 Å². The first kappa shape index (κ1) is 12.3. The van der Waals surface area contributed by atoms with Crippen molar-refractivity contribution in [1.82, 2.24) is 10.1 Å². The SMILES string of the molecule is CCC(Br)c1nc(Cc2cccc(C)c2)no1. The average Bonchev–Trinajstić information content (AvgIpc) is 2.76. The zero-order chi connectivity index (χ0) is 12.3. The Morgan fingerprint density at radius 1 is 1.41 bits per heavy atom. The van der Waals surface area contributed by atoms with Crippen molar-refractivity contribution < 1.29 is 4.52 Å². The average molecular weight is 295 g/mol. The summed E-state index contributed by atoms with van der Waals surface area (Å²) < 4.78 is 5.21. The number of hydrogen-bond donors (Lipinski definition) is 0. The lowest BCUT2D eigenvalue weighted by atomic mass is 10.1.